The predicted molar refractivity (Wildman–Crippen MR) is 56.3 cm³/mol. The van der Waals surface area contributed by atoms with Gasteiger partial charge in [-0.15, -0.1) is 0 Å². The lowest BCUT2D eigenvalue weighted by molar-refractivity contribution is 0.512. The van der Waals surface area contributed by atoms with Crippen LogP contribution < -0.4 is 5.73 Å². The predicted octanol–water partition coefficient (Wildman–Crippen LogP) is 2.74. The number of rotatable bonds is 2. The van der Waals surface area contributed by atoms with Gasteiger partial charge < -0.3 is 10.8 Å². The molecular weight excluding hydrogens is 162 g/mol. The van der Waals surface area contributed by atoms with Crippen LogP contribution in [0.5, 0.6) is 0 Å². The Morgan fingerprint density at radius 3 is 2.85 bits per heavy atom. The zero-order valence-electron chi connectivity index (χ0n) is 7.57. The first kappa shape index (κ1) is 9.39. The number of hydrogen-bond acceptors (Lipinski definition) is 2. The molecule has 0 radical (unpaired) electrons. The second kappa shape index (κ2) is 4.36. The van der Waals surface area contributed by atoms with Crippen LogP contribution in [0, 0.1) is 0 Å². The van der Waals surface area contributed by atoms with Gasteiger partial charge in [0, 0.05) is 11.3 Å². The maximum absolute atomic E-state index is 9.53. The monoisotopic (exact) mass is 175 g/mol. The van der Waals surface area contributed by atoms with Gasteiger partial charge in [-0.25, -0.2) is 0 Å². The lowest BCUT2D eigenvalue weighted by Gasteiger charge is -1.99. The minimum absolute atomic E-state index is 0.227. The van der Waals surface area contributed by atoms with E-state index in [-0.39, 0.29) is 5.76 Å². The molecule has 2 heteroatoms. The van der Waals surface area contributed by atoms with Crippen molar-refractivity contribution in [2.24, 2.45) is 0 Å². The highest BCUT2D eigenvalue weighted by molar-refractivity contribution is 5.63. The Kier molecular flexibility index (Phi) is 3.15. The molecule has 13 heavy (non-hydrogen) atoms. The minimum atomic E-state index is 0.227. The smallest absolute Gasteiger partial charge is 0.122 e. The van der Waals surface area contributed by atoms with Crippen LogP contribution in [0.25, 0.3) is 5.76 Å². The number of aliphatic hydroxyl groups is 1. The first-order valence-electron chi connectivity index (χ1n) is 4.12. The van der Waals surface area contributed by atoms with Crippen molar-refractivity contribution in [2.75, 3.05) is 5.73 Å². The third-order valence-electron chi connectivity index (χ3n) is 1.63. The molecule has 0 saturated carbocycles. The highest BCUT2D eigenvalue weighted by atomic mass is 16.3. The molecule has 0 bridgehead atoms. The SMILES string of the molecule is C/C=C\C=C(/O)c1cccc(N)c1. The normalized spacial score (nSPS) is 12.2. The van der Waals surface area contributed by atoms with Crippen molar-refractivity contribution < 1.29 is 5.11 Å². The van der Waals surface area contributed by atoms with Crippen LogP contribution in [0.4, 0.5) is 5.69 Å². The fraction of sp³-hybridized carbons (Fsp3) is 0.0909. The molecule has 0 fully saturated rings. The summed E-state index contributed by atoms with van der Waals surface area (Å²) >= 11 is 0. The maximum atomic E-state index is 9.53. The Balaban J connectivity index is 2.94. The number of benzene rings is 1. The van der Waals surface area contributed by atoms with E-state index in [9.17, 15) is 5.11 Å². The van der Waals surface area contributed by atoms with Gasteiger partial charge in [-0.1, -0.05) is 24.3 Å². The summed E-state index contributed by atoms with van der Waals surface area (Å²) in [5, 5.41) is 9.53. The number of anilines is 1. The molecule has 0 aromatic heterocycles. The van der Waals surface area contributed by atoms with Crippen molar-refractivity contribution in [1.82, 2.24) is 0 Å². The van der Waals surface area contributed by atoms with Crippen molar-refractivity contribution in [3.05, 3.63) is 48.1 Å². The van der Waals surface area contributed by atoms with Crippen LogP contribution in [0.3, 0.4) is 0 Å². The molecule has 0 heterocycles. The van der Waals surface area contributed by atoms with Gasteiger partial charge in [0.25, 0.3) is 0 Å². The topological polar surface area (TPSA) is 46.2 Å². The lowest BCUT2D eigenvalue weighted by atomic mass is 10.1. The number of nitrogen functional groups attached to an aromatic ring is 1. The highest BCUT2D eigenvalue weighted by Gasteiger charge is 1.96. The zero-order valence-corrected chi connectivity index (χ0v) is 7.57. The van der Waals surface area contributed by atoms with Crippen molar-refractivity contribution in [3.63, 3.8) is 0 Å². The molecule has 0 aliphatic heterocycles. The van der Waals surface area contributed by atoms with Crippen LogP contribution in [-0.2, 0) is 0 Å². The third kappa shape index (κ3) is 2.67. The second-order valence-electron chi connectivity index (χ2n) is 2.70. The second-order valence-corrected chi connectivity index (χ2v) is 2.70. The summed E-state index contributed by atoms with van der Waals surface area (Å²) < 4.78 is 0. The molecule has 1 aromatic rings. The molecule has 2 nitrogen and oxygen atoms in total. The summed E-state index contributed by atoms with van der Waals surface area (Å²) in [5.41, 5.74) is 6.95. The Morgan fingerprint density at radius 1 is 1.46 bits per heavy atom. The standard InChI is InChI=1S/C11H13NO/c1-2-3-7-11(13)9-5-4-6-10(12)8-9/h2-8,13H,12H2,1H3/b3-2-,11-7-. The van der Waals surface area contributed by atoms with Crippen molar-refractivity contribution in [1.29, 1.82) is 0 Å². The van der Waals surface area contributed by atoms with Gasteiger partial charge in [0.05, 0.1) is 0 Å². The molecule has 1 aromatic carbocycles. The molecule has 0 amide bonds. The minimum Gasteiger partial charge on any atom is -0.507 e. The van der Waals surface area contributed by atoms with E-state index in [1.165, 1.54) is 0 Å². The quantitative estimate of drug-likeness (QED) is 0.412. The van der Waals surface area contributed by atoms with E-state index in [1.807, 2.05) is 25.1 Å². The number of hydrogen-bond donors (Lipinski definition) is 2. The van der Waals surface area contributed by atoms with Gasteiger partial charge in [-0.05, 0) is 25.1 Å². The summed E-state index contributed by atoms with van der Waals surface area (Å²) in [6.45, 7) is 1.89. The average molecular weight is 175 g/mol. The van der Waals surface area contributed by atoms with E-state index < -0.39 is 0 Å². The Hall–Kier alpha value is -1.70. The molecule has 0 spiro atoms. The van der Waals surface area contributed by atoms with E-state index in [0.29, 0.717) is 5.69 Å². The number of nitrogens with two attached hydrogens (primary N) is 1. The van der Waals surface area contributed by atoms with E-state index >= 15 is 0 Å². The lowest BCUT2D eigenvalue weighted by Crippen LogP contribution is -1.87. The first-order valence-corrected chi connectivity index (χ1v) is 4.12. The highest BCUT2D eigenvalue weighted by Crippen LogP contribution is 2.14. The molecule has 0 saturated heterocycles. The van der Waals surface area contributed by atoms with Crippen molar-refractivity contribution in [3.8, 4) is 0 Å². The third-order valence-corrected chi connectivity index (χ3v) is 1.63. The van der Waals surface area contributed by atoms with Gasteiger partial charge >= 0.3 is 0 Å². The number of allylic oxidation sites excluding steroid dienone is 3. The molecule has 0 aliphatic carbocycles. The molecule has 68 valence electrons. The van der Waals surface area contributed by atoms with Crippen LogP contribution in [0.15, 0.2) is 42.5 Å². The van der Waals surface area contributed by atoms with Gasteiger partial charge in [-0.3, -0.25) is 0 Å². The molecule has 1 rings (SSSR count). The van der Waals surface area contributed by atoms with Gasteiger partial charge in [-0.2, -0.15) is 0 Å². The molecular formula is C11H13NO. The maximum Gasteiger partial charge on any atom is 0.122 e. The molecule has 0 atom stereocenters. The summed E-state index contributed by atoms with van der Waals surface area (Å²) in [6, 6.07) is 7.14. The molecule has 0 aliphatic rings. The zero-order chi connectivity index (χ0) is 9.68. The van der Waals surface area contributed by atoms with E-state index in [1.54, 1.807) is 24.3 Å². The van der Waals surface area contributed by atoms with Crippen molar-refractivity contribution in [2.45, 2.75) is 6.92 Å². The van der Waals surface area contributed by atoms with E-state index in [0.717, 1.165) is 5.56 Å². The fourth-order valence-corrected chi connectivity index (χ4v) is 0.982. The largest absolute Gasteiger partial charge is 0.507 e. The summed E-state index contributed by atoms with van der Waals surface area (Å²) in [7, 11) is 0. The van der Waals surface area contributed by atoms with Gasteiger partial charge in [0.2, 0.25) is 0 Å². The molecule has 3 N–H and O–H groups in total. The molecule has 0 unspecified atom stereocenters. The van der Waals surface area contributed by atoms with Crippen LogP contribution >= 0.6 is 0 Å². The van der Waals surface area contributed by atoms with Gasteiger partial charge in [0.15, 0.2) is 0 Å². The summed E-state index contributed by atoms with van der Waals surface area (Å²) in [4.78, 5) is 0. The average Bonchev–Trinajstić information content (AvgIpc) is 2.14. The number of aliphatic hydroxyl groups excluding tert-OH is 1. The Morgan fingerprint density at radius 2 is 2.23 bits per heavy atom. The van der Waals surface area contributed by atoms with Crippen LogP contribution in [0.2, 0.25) is 0 Å². The Labute approximate surface area is 78.0 Å². The van der Waals surface area contributed by atoms with E-state index in [4.69, 9.17) is 5.73 Å². The van der Waals surface area contributed by atoms with E-state index in [2.05, 4.69) is 0 Å². The fourth-order valence-electron chi connectivity index (χ4n) is 0.982. The van der Waals surface area contributed by atoms with Gasteiger partial charge in [0.1, 0.15) is 5.76 Å². The Bertz CT molecular complexity index is 340. The van der Waals surface area contributed by atoms with Crippen molar-refractivity contribution >= 4 is 11.4 Å². The van der Waals surface area contributed by atoms with Crippen LogP contribution in [0.1, 0.15) is 12.5 Å². The summed E-state index contributed by atoms with van der Waals surface area (Å²) in [5.74, 6) is 0.227. The first-order chi connectivity index (χ1) is 6.24. The summed E-state index contributed by atoms with van der Waals surface area (Å²) in [6.07, 6.45) is 5.26. The van der Waals surface area contributed by atoms with Crippen LogP contribution in [-0.4, -0.2) is 5.11 Å².